The number of imidazole rings is 1. The smallest absolute Gasteiger partial charge is 0.160 e. The maximum absolute atomic E-state index is 4.41. The first-order valence-electron chi connectivity index (χ1n) is 11.1. The maximum Gasteiger partial charge on any atom is 0.160 e. The zero-order valence-corrected chi connectivity index (χ0v) is 18.1. The molecule has 2 aliphatic rings. The van der Waals surface area contributed by atoms with Crippen LogP contribution in [0.25, 0.3) is 11.5 Å². The summed E-state index contributed by atoms with van der Waals surface area (Å²) < 4.78 is 1.96. The van der Waals surface area contributed by atoms with Gasteiger partial charge in [0.15, 0.2) is 5.82 Å². The molecule has 158 valence electrons. The third-order valence-electron chi connectivity index (χ3n) is 6.50. The van der Waals surface area contributed by atoms with Crippen LogP contribution in [0.4, 0.5) is 5.82 Å². The molecule has 0 spiro atoms. The van der Waals surface area contributed by atoms with E-state index in [1.54, 1.807) is 6.20 Å². The minimum Gasteiger partial charge on any atom is -0.366 e. The number of anilines is 1. The van der Waals surface area contributed by atoms with Crippen LogP contribution in [0.2, 0.25) is 0 Å². The summed E-state index contributed by atoms with van der Waals surface area (Å²) >= 11 is 0. The van der Waals surface area contributed by atoms with Gasteiger partial charge in [-0.1, -0.05) is 6.42 Å². The minimum atomic E-state index is 0.499. The number of nitrogens with zero attached hydrogens (tertiary/aromatic N) is 6. The molecule has 1 saturated carbocycles. The number of hydrogen-bond acceptors (Lipinski definition) is 6. The first-order valence-corrected chi connectivity index (χ1v) is 11.1. The first kappa shape index (κ1) is 20.3. The highest BCUT2D eigenvalue weighted by Gasteiger charge is 2.26. The molecule has 1 N–H and O–H groups in total. The fraction of sp³-hybridized carbons (Fsp3) is 0.682. The second kappa shape index (κ2) is 9.22. The molecule has 4 rings (SSSR count). The van der Waals surface area contributed by atoms with Gasteiger partial charge in [-0.15, -0.1) is 10.2 Å². The van der Waals surface area contributed by atoms with E-state index in [2.05, 4.69) is 44.1 Å². The molecule has 7 heteroatoms. The Morgan fingerprint density at radius 3 is 2.59 bits per heavy atom. The van der Waals surface area contributed by atoms with Crippen molar-refractivity contribution < 1.29 is 0 Å². The Labute approximate surface area is 174 Å². The van der Waals surface area contributed by atoms with Crippen LogP contribution >= 0.6 is 0 Å². The van der Waals surface area contributed by atoms with Crippen LogP contribution in [-0.4, -0.2) is 74.4 Å². The summed E-state index contributed by atoms with van der Waals surface area (Å²) in [7, 11) is 1.97. The van der Waals surface area contributed by atoms with Gasteiger partial charge in [0.1, 0.15) is 11.5 Å². The van der Waals surface area contributed by atoms with Gasteiger partial charge in [0.05, 0.1) is 0 Å². The quantitative estimate of drug-likeness (QED) is 0.809. The molecular formula is C22H35N7. The second-order valence-corrected chi connectivity index (χ2v) is 8.97. The van der Waals surface area contributed by atoms with Gasteiger partial charge < -0.3 is 14.8 Å². The highest BCUT2D eigenvalue weighted by molar-refractivity contribution is 5.51. The van der Waals surface area contributed by atoms with Gasteiger partial charge in [-0.05, 0) is 51.2 Å². The molecule has 2 aromatic rings. The van der Waals surface area contributed by atoms with E-state index in [0.29, 0.717) is 12.1 Å². The Balaban J connectivity index is 1.27. The summed E-state index contributed by atoms with van der Waals surface area (Å²) in [4.78, 5) is 9.61. The van der Waals surface area contributed by atoms with Crippen molar-refractivity contribution in [1.82, 2.24) is 29.5 Å². The standard InChI is InChI=1S/C22H35N7/c1-17(2)29-13-11-28(12-14-29)16-18-5-4-6-19(15-18)24-21-8-7-20(25-26-21)22-23-9-10-27(22)3/h7-10,17-19H,4-6,11-16H2,1-3H3,(H,24,26)/t18-,19-/m1/s1. The molecule has 2 fully saturated rings. The van der Waals surface area contributed by atoms with Crippen LogP contribution in [0, 0.1) is 5.92 Å². The SMILES string of the molecule is CC(C)N1CCN(C[C@@H]2CCC[C@@H](Nc3ccc(-c4nccn4C)nn3)C2)CC1. The lowest BCUT2D eigenvalue weighted by Gasteiger charge is -2.39. The molecule has 1 saturated heterocycles. The molecule has 1 aliphatic heterocycles. The largest absolute Gasteiger partial charge is 0.366 e. The van der Waals surface area contributed by atoms with Crippen LogP contribution in [0.15, 0.2) is 24.5 Å². The molecule has 29 heavy (non-hydrogen) atoms. The summed E-state index contributed by atoms with van der Waals surface area (Å²) in [6.45, 7) is 10.7. The van der Waals surface area contributed by atoms with Gasteiger partial charge in [-0.25, -0.2) is 4.98 Å². The average molecular weight is 398 g/mol. The fourth-order valence-electron chi connectivity index (χ4n) is 4.77. The molecule has 7 nitrogen and oxygen atoms in total. The van der Waals surface area contributed by atoms with E-state index < -0.39 is 0 Å². The molecule has 0 unspecified atom stereocenters. The molecule has 1 aliphatic carbocycles. The van der Waals surface area contributed by atoms with Crippen molar-refractivity contribution in [3.63, 3.8) is 0 Å². The van der Waals surface area contributed by atoms with Crippen LogP contribution in [0.1, 0.15) is 39.5 Å². The maximum atomic E-state index is 4.41. The second-order valence-electron chi connectivity index (χ2n) is 8.97. The number of hydrogen-bond donors (Lipinski definition) is 1. The average Bonchev–Trinajstić information content (AvgIpc) is 3.15. The Morgan fingerprint density at radius 2 is 1.93 bits per heavy atom. The summed E-state index contributed by atoms with van der Waals surface area (Å²) in [6.07, 6.45) is 8.81. The van der Waals surface area contributed by atoms with Crippen molar-refractivity contribution in [2.45, 2.75) is 51.6 Å². The Hall–Kier alpha value is -1.99. The lowest BCUT2D eigenvalue weighted by atomic mass is 9.85. The van der Waals surface area contributed by atoms with Gasteiger partial charge in [0.2, 0.25) is 0 Å². The number of rotatable bonds is 6. The first-order chi connectivity index (χ1) is 14.1. The predicted molar refractivity (Wildman–Crippen MR) is 117 cm³/mol. The van der Waals surface area contributed by atoms with E-state index in [1.807, 2.05) is 29.9 Å². The lowest BCUT2D eigenvalue weighted by molar-refractivity contribution is 0.0900. The van der Waals surface area contributed by atoms with Gasteiger partial charge >= 0.3 is 0 Å². The zero-order valence-electron chi connectivity index (χ0n) is 18.1. The summed E-state index contributed by atoms with van der Waals surface area (Å²) in [5.74, 6) is 2.50. The molecule has 2 atom stereocenters. The minimum absolute atomic E-state index is 0.499. The normalized spacial score (nSPS) is 24.1. The van der Waals surface area contributed by atoms with E-state index in [0.717, 1.165) is 23.3 Å². The highest BCUT2D eigenvalue weighted by atomic mass is 15.3. The molecule has 0 amide bonds. The third kappa shape index (κ3) is 5.14. The number of aryl methyl sites for hydroxylation is 1. The van der Waals surface area contributed by atoms with Crippen LogP contribution in [0.5, 0.6) is 0 Å². The molecule has 0 bridgehead atoms. The van der Waals surface area contributed by atoms with Crippen molar-refractivity contribution in [3.05, 3.63) is 24.5 Å². The fourth-order valence-corrected chi connectivity index (χ4v) is 4.77. The van der Waals surface area contributed by atoms with Crippen molar-refractivity contribution >= 4 is 5.82 Å². The highest BCUT2D eigenvalue weighted by Crippen LogP contribution is 2.27. The van der Waals surface area contributed by atoms with Crippen LogP contribution < -0.4 is 5.32 Å². The number of aromatic nitrogens is 4. The number of piperazine rings is 1. The third-order valence-corrected chi connectivity index (χ3v) is 6.50. The van der Waals surface area contributed by atoms with E-state index in [1.165, 1.54) is 58.4 Å². The Kier molecular flexibility index (Phi) is 6.45. The van der Waals surface area contributed by atoms with Gasteiger partial charge in [0.25, 0.3) is 0 Å². The summed E-state index contributed by atoms with van der Waals surface area (Å²) in [6, 6.07) is 5.21. The topological polar surface area (TPSA) is 62.1 Å². The van der Waals surface area contributed by atoms with Crippen molar-refractivity contribution in [3.8, 4) is 11.5 Å². The Morgan fingerprint density at radius 1 is 1.10 bits per heavy atom. The van der Waals surface area contributed by atoms with E-state index in [4.69, 9.17) is 0 Å². The number of nitrogens with one attached hydrogen (secondary N) is 1. The van der Waals surface area contributed by atoms with E-state index >= 15 is 0 Å². The molecule has 0 radical (unpaired) electrons. The van der Waals surface area contributed by atoms with Gasteiger partial charge in [-0.3, -0.25) is 4.90 Å². The molecular weight excluding hydrogens is 362 g/mol. The lowest BCUT2D eigenvalue weighted by Crippen LogP contribution is -2.50. The Bertz CT molecular complexity index is 762. The van der Waals surface area contributed by atoms with Crippen molar-refractivity contribution in [1.29, 1.82) is 0 Å². The van der Waals surface area contributed by atoms with E-state index in [9.17, 15) is 0 Å². The van der Waals surface area contributed by atoms with Crippen LogP contribution in [0.3, 0.4) is 0 Å². The predicted octanol–water partition coefficient (Wildman–Crippen LogP) is 2.87. The monoisotopic (exact) mass is 397 g/mol. The van der Waals surface area contributed by atoms with E-state index in [-0.39, 0.29) is 0 Å². The molecule has 2 aromatic heterocycles. The van der Waals surface area contributed by atoms with Gasteiger partial charge in [0, 0.05) is 64.2 Å². The van der Waals surface area contributed by atoms with Crippen molar-refractivity contribution in [2.24, 2.45) is 13.0 Å². The summed E-state index contributed by atoms with van der Waals surface area (Å²) in [5, 5.41) is 12.4. The summed E-state index contributed by atoms with van der Waals surface area (Å²) in [5.41, 5.74) is 0.810. The molecule has 3 heterocycles. The van der Waals surface area contributed by atoms with Crippen molar-refractivity contribution in [2.75, 3.05) is 38.0 Å². The molecule has 0 aromatic carbocycles. The van der Waals surface area contributed by atoms with Crippen LogP contribution in [-0.2, 0) is 7.05 Å². The zero-order chi connectivity index (χ0) is 20.2. The van der Waals surface area contributed by atoms with Gasteiger partial charge in [-0.2, -0.15) is 0 Å².